The van der Waals surface area contributed by atoms with Crippen LogP contribution in [0, 0.1) is 6.92 Å². The number of carbonyl (C=O) groups excluding carboxylic acids is 2. The predicted molar refractivity (Wildman–Crippen MR) is 116 cm³/mol. The van der Waals surface area contributed by atoms with Gasteiger partial charge in [0.15, 0.2) is 6.61 Å². The molecule has 164 valence electrons. The first-order chi connectivity index (χ1) is 15.4. The summed E-state index contributed by atoms with van der Waals surface area (Å²) in [4.78, 5) is 25.8. The normalized spacial score (nSPS) is 11.0. The zero-order chi connectivity index (χ0) is 22.7. The number of para-hydroxylation sites is 3. The smallest absolute Gasteiger partial charge is 0.387 e. The molecule has 0 bridgehead atoms. The van der Waals surface area contributed by atoms with Crippen LogP contribution in [0.5, 0.6) is 5.75 Å². The number of esters is 1. The number of aryl methyl sites for hydroxylation is 1. The molecule has 0 saturated carbocycles. The molecule has 0 aliphatic rings. The van der Waals surface area contributed by atoms with Gasteiger partial charge in [-0.2, -0.15) is 13.9 Å². The number of alkyl halides is 2. The van der Waals surface area contributed by atoms with E-state index in [0.717, 1.165) is 21.6 Å². The van der Waals surface area contributed by atoms with Gasteiger partial charge in [-0.15, -0.1) is 11.3 Å². The second kappa shape index (κ2) is 9.15. The summed E-state index contributed by atoms with van der Waals surface area (Å²) in [5, 5.41) is 7.73. The third-order valence-electron chi connectivity index (χ3n) is 4.46. The van der Waals surface area contributed by atoms with Crippen molar-refractivity contribution in [3.63, 3.8) is 0 Å². The Morgan fingerprint density at radius 3 is 2.59 bits per heavy atom. The van der Waals surface area contributed by atoms with Gasteiger partial charge in [0.05, 0.1) is 17.1 Å². The molecule has 0 fully saturated rings. The van der Waals surface area contributed by atoms with Crippen LogP contribution in [0.25, 0.3) is 15.9 Å². The highest BCUT2D eigenvalue weighted by Gasteiger charge is 2.19. The molecule has 0 radical (unpaired) electrons. The number of halogens is 2. The van der Waals surface area contributed by atoms with Crippen molar-refractivity contribution in [2.45, 2.75) is 13.5 Å². The summed E-state index contributed by atoms with van der Waals surface area (Å²) in [7, 11) is 0. The van der Waals surface area contributed by atoms with E-state index in [1.165, 1.54) is 29.5 Å². The molecule has 32 heavy (non-hydrogen) atoms. The summed E-state index contributed by atoms with van der Waals surface area (Å²) in [6, 6.07) is 16.9. The van der Waals surface area contributed by atoms with Crippen LogP contribution < -0.4 is 10.1 Å². The van der Waals surface area contributed by atoms with E-state index in [2.05, 4.69) is 15.2 Å². The summed E-state index contributed by atoms with van der Waals surface area (Å²) in [6.07, 6.45) is 0. The average molecular weight is 457 g/mol. The van der Waals surface area contributed by atoms with Crippen molar-refractivity contribution in [1.29, 1.82) is 0 Å². The Morgan fingerprint density at radius 1 is 1.12 bits per heavy atom. The molecule has 1 N–H and O–H groups in total. The van der Waals surface area contributed by atoms with Crippen molar-refractivity contribution < 1.29 is 27.8 Å². The maximum Gasteiger partial charge on any atom is 0.387 e. The number of aromatic nitrogens is 2. The molecule has 4 rings (SSSR count). The lowest BCUT2D eigenvalue weighted by atomic mass is 10.3. The third kappa shape index (κ3) is 4.59. The Kier molecular flexibility index (Phi) is 6.13. The minimum atomic E-state index is -3.03. The molecule has 2 aromatic heterocycles. The Balaban J connectivity index is 1.44. The highest BCUT2D eigenvalue weighted by molar-refractivity contribution is 7.20. The van der Waals surface area contributed by atoms with Crippen LogP contribution in [-0.4, -0.2) is 34.9 Å². The summed E-state index contributed by atoms with van der Waals surface area (Å²) >= 11 is 1.20. The van der Waals surface area contributed by atoms with Gasteiger partial charge in [0.1, 0.15) is 15.5 Å². The number of carbonyl (C=O) groups is 2. The summed E-state index contributed by atoms with van der Waals surface area (Å²) in [6.45, 7) is -1.77. The monoisotopic (exact) mass is 457 g/mol. The van der Waals surface area contributed by atoms with Gasteiger partial charge >= 0.3 is 12.6 Å². The lowest BCUT2D eigenvalue weighted by Gasteiger charge is -2.11. The lowest BCUT2D eigenvalue weighted by molar-refractivity contribution is -0.119. The Labute approximate surface area is 185 Å². The van der Waals surface area contributed by atoms with E-state index in [1.807, 2.05) is 37.3 Å². The number of hydrogen-bond donors (Lipinski definition) is 1. The van der Waals surface area contributed by atoms with E-state index < -0.39 is 25.1 Å². The number of hydrogen-bond acceptors (Lipinski definition) is 6. The predicted octanol–water partition coefficient (Wildman–Crippen LogP) is 4.79. The maximum absolute atomic E-state index is 12.5. The van der Waals surface area contributed by atoms with Gasteiger partial charge in [-0.3, -0.25) is 4.79 Å². The van der Waals surface area contributed by atoms with Crippen molar-refractivity contribution in [2.24, 2.45) is 0 Å². The fraction of sp³-hybridized carbons (Fsp3) is 0.136. The van der Waals surface area contributed by atoms with E-state index in [-0.39, 0.29) is 11.4 Å². The number of ether oxygens (including phenoxy) is 2. The Morgan fingerprint density at radius 2 is 1.84 bits per heavy atom. The minimum Gasteiger partial charge on any atom is -0.451 e. The lowest BCUT2D eigenvalue weighted by Crippen LogP contribution is -2.21. The van der Waals surface area contributed by atoms with E-state index in [1.54, 1.807) is 16.8 Å². The maximum atomic E-state index is 12.5. The van der Waals surface area contributed by atoms with Gasteiger partial charge in [-0.1, -0.05) is 30.3 Å². The second-order valence-corrected chi connectivity index (χ2v) is 7.69. The van der Waals surface area contributed by atoms with Crippen LogP contribution >= 0.6 is 11.3 Å². The van der Waals surface area contributed by atoms with E-state index in [0.29, 0.717) is 4.88 Å². The molecule has 7 nitrogen and oxygen atoms in total. The summed E-state index contributed by atoms with van der Waals surface area (Å²) in [5.41, 5.74) is 1.67. The molecular weight excluding hydrogens is 440 g/mol. The first kappa shape index (κ1) is 21.4. The van der Waals surface area contributed by atoms with Crippen molar-refractivity contribution in [1.82, 2.24) is 9.78 Å². The van der Waals surface area contributed by atoms with E-state index in [4.69, 9.17) is 4.74 Å². The zero-order valence-electron chi connectivity index (χ0n) is 16.7. The van der Waals surface area contributed by atoms with Crippen molar-refractivity contribution in [3.8, 4) is 11.4 Å². The van der Waals surface area contributed by atoms with Crippen LogP contribution in [0.15, 0.2) is 60.7 Å². The quantitative estimate of drug-likeness (QED) is 0.404. The molecule has 0 spiro atoms. The topological polar surface area (TPSA) is 82.5 Å². The number of anilines is 1. The molecule has 2 heterocycles. The van der Waals surface area contributed by atoms with Crippen molar-refractivity contribution >= 4 is 39.1 Å². The highest BCUT2D eigenvalue weighted by atomic mass is 32.1. The first-order valence-electron chi connectivity index (χ1n) is 9.48. The van der Waals surface area contributed by atoms with Crippen molar-refractivity contribution in [3.05, 3.63) is 71.2 Å². The molecule has 10 heteroatoms. The molecule has 0 aliphatic carbocycles. The molecule has 2 aromatic carbocycles. The average Bonchev–Trinajstić information content (AvgIpc) is 3.34. The highest BCUT2D eigenvalue weighted by Crippen LogP contribution is 2.31. The molecule has 0 atom stereocenters. The summed E-state index contributed by atoms with van der Waals surface area (Å²) in [5.74, 6) is -1.54. The molecule has 1 amide bonds. The molecular formula is C22H17F2N3O4S. The van der Waals surface area contributed by atoms with Crippen LogP contribution in [0.4, 0.5) is 14.5 Å². The number of rotatable bonds is 7. The number of amides is 1. The molecule has 0 saturated heterocycles. The number of fused-ring (bicyclic) bond motifs is 1. The Bertz CT molecular complexity index is 1270. The number of nitrogens with one attached hydrogen (secondary N) is 1. The van der Waals surface area contributed by atoms with Gasteiger partial charge < -0.3 is 14.8 Å². The van der Waals surface area contributed by atoms with Crippen LogP contribution in [0.3, 0.4) is 0 Å². The van der Waals surface area contributed by atoms with Crippen LogP contribution in [0.1, 0.15) is 15.4 Å². The largest absolute Gasteiger partial charge is 0.451 e. The van der Waals surface area contributed by atoms with Crippen molar-refractivity contribution in [2.75, 3.05) is 11.9 Å². The minimum absolute atomic E-state index is 0.0503. The van der Waals surface area contributed by atoms with Gasteiger partial charge in [0.25, 0.3) is 5.91 Å². The van der Waals surface area contributed by atoms with E-state index in [9.17, 15) is 18.4 Å². The van der Waals surface area contributed by atoms with Gasteiger partial charge in [-0.25, -0.2) is 9.48 Å². The Hall–Kier alpha value is -3.79. The van der Waals surface area contributed by atoms with E-state index >= 15 is 0 Å². The molecule has 4 aromatic rings. The zero-order valence-corrected chi connectivity index (χ0v) is 17.6. The molecule has 0 unspecified atom stereocenters. The number of thiophene rings is 1. The SMILES string of the molecule is Cc1nn(-c2ccccc2)c2sc(C(=O)OCC(=O)Nc3ccccc3OC(F)F)cc12. The summed E-state index contributed by atoms with van der Waals surface area (Å²) < 4.78 is 36.2. The van der Waals surface area contributed by atoms with Gasteiger partial charge in [-0.05, 0) is 37.3 Å². The van der Waals surface area contributed by atoms with Crippen LogP contribution in [0.2, 0.25) is 0 Å². The fourth-order valence-corrected chi connectivity index (χ4v) is 4.13. The number of nitrogens with zero attached hydrogens (tertiary/aromatic N) is 2. The molecule has 0 aliphatic heterocycles. The first-order valence-corrected chi connectivity index (χ1v) is 10.3. The standard InChI is InChI=1S/C22H17F2N3O4S/c1-13-15-11-18(32-20(15)27(26-13)14-7-3-2-4-8-14)21(29)30-12-19(28)25-16-9-5-6-10-17(16)31-22(23)24/h2-11,22H,12H2,1H3,(H,25,28). The van der Waals surface area contributed by atoms with Gasteiger partial charge in [0.2, 0.25) is 0 Å². The second-order valence-electron chi connectivity index (χ2n) is 6.66. The third-order valence-corrected chi connectivity index (χ3v) is 5.55. The van der Waals surface area contributed by atoms with Crippen LogP contribution in [-0.2, 0) is 9.53 Å². The fourth-order valence-electron chi connectivity index (χ4n) is 3.05. The van der Waals surface area contributed by atoms with Gasteiger partial charge in [0, 0.05) is 5.39 Å². The number of benzene rings is 2.